The maximum atomic E-state index is 11.2. The molecule has 16 heavy (non-hydrogen) atoms. The predicted octanol–water partition coefficient (Wildman–Crippen LogP) is 1.47. The lowest BCUT2D eigenvalue weighted by Crippen LogP contribution is -1.99. The average molecular weight is 252 g/mol. The molecular formula is C9H17O6P. The third kappa shape index (κ3) is 9.98. The van der Waals surface area contributed by atoms with Gasteiger partial charge in [0.25, 0.3) is 0 Å². The fourth-order valence-corrected chi connectivity index (χ4v) is 1.69. The van der Waals surface area contributed by atoms with Crippen molar-refractivity contribution in [3.05, 3.63) is 0 Å². The van der Waals surface area contributed by atoms with E-state index < -0.39 is 7.82 Å². The van der Waals surface area contributed by atoms with E-state index in [4.69, 9.17) is 4.89 Å². The van der Waals surface area contributed by atoms with Crippen molar-refractivity contribution in [2.75, 3.05) is 13.2 Å². The van der Waals surface area contributed by atoms with Crippen molar-refractivity contribution < 1.29 is 28.1 Å². The molecule has 0 saturated heterocycles. The van der Waals surface area contributed by atoms with Gasteiger partial charge in [-0.15, -0.1) is 0 Å². The van der Waals surface area contributed by atoms with E-state index in [1.54, 1.807) is 0 Å². The predicted molar refractivity (Wildman–Crippen MR) is 56.9 cm³/mol. The van der Waals surface area contributed by atoms with Crippen LogP contribution in [0.1, 0.15) is 32.1 Å². The minimum Gasteiger partial charge on any atom is -0.303 e. The summed E-state index contributed by atoms with van der Waals surface area (Å²) in [5, 5.41) is 0. The second kappa shape index (κ2) is 9.66. The molecule has 1 unspecified atom stereocenters. The molecule has 0 amide bonds. The van der Waals surface area contributed by atoms with Crippen LogP contribution in [0.15, 0.2) is 0 Å². The first-order chi connectivity index (χ1) is 7.62. The minimum atomic E-state index is -3.99. The fourth-order valence-electron chi connectivity index (χ4n) is 0.893. The minimum absolute atomic E-state index is 0.0147. The Morgan fingerprint density at radius 2 is 1.44 bits per heavy atom. The van der Waals surface area contributed by atoms with Gasteiger partial charge in [-0.05, 0) is 19.3 Å². The molecule has 0 fully saturated rings. The molecule has 0 bridgehead atoms. The van der Waals surface area contributed by atoms with E-state index in [1.807, 2.05) is 0 Å². The van der Waals surface area contributed by atoms with E-state index >= 15 is 0 Å². The van der Waals surface area contributed by atoms with E-state index in [1.165, 1.54) is 0 Å². The molecule has 0 radical (unpaired) electrons. The van der Waals surface area contributed by atoms with E-state index in [0.717, 1.165) is 6.29 Å². The number of rotatable bonds is 11. The van der Waals surface area contributed by atoms with Crippen molar-refractivity contribution in [3.8, 4) is 0 Å². The van der Waals surface area contributed by atoms with Gasteiger partial charge in [0.05, 0.1) is 13.2 Å². The van der Waals surface area contributed by atoms with Crippen LogP contribution in [-0.4, -0.2) is 30.7 Å². The summed E-state index contributed by atoms with van der Waals surface area (Å²) in [6.45, 7) is 0.0934. The Morgan fingerprint density at radius 3 is 2.00 bits per heavy atom. The van der Waals surface area contributed by atoms with Crippen LogP contribution >= 0.6 is 7.82 Å². The van der Waals surface area contributed by atoms with Gasteiger partial charge in [0.1, 0.15) is 12.6 Å². The molecule has 0 aromatic rings. The highest BCUT2D eigenvalue weighted by atomic mass is 31.2. The van der Waals surface area contributed by atoms with Gasteiger partial charge in [0.15, 0.2) is 0 Å². The van der Waals surface area contributed by atoms with Crippen LogP contribution in [0.2, 0.25) is 0 Å². The van der Waals surface area contributed by atoms with Crippen LogP contribution in [0.3, 0.4) is 0 Å². The summed E-state index contributed by atoms with van der Waals surface area (Å²) in [6, 6.07) is 0. The Balaban J connectivity index is 3.49. The normalized spacial score (nSPS) is 14.3. The summed E-state index contributed by atoms with van der Waals surface area (Å²) in [4.78, 5) is 29.0. The smallest absolute Gasteiger partial charge is 0.303 e. The van der Waals surface area contributed by atoms with Crippen LogP contribution in [0.4, 0.5) is 0 Å². The molecule has 1 N–H and O–H groups in total. The lowest BCUT2D eigenvalue weighted by molar-refractivity contribution is -0.108. The van der Waals surface area contributed by atoms with E-state index in [0.29, 0.717) is 38.4 Å². The van der Waals surface area contributed by atoms with Gasteiger partial charge in [0, 0.05) is 12.8 Å². The summed E-state index contributed by atoms with van der Waals surface area (Å²) >= 11 is 0. The topological polar surface area (TPSA) is 89.9 Å². The first kappa shape index (κ1) is 15.4. The van der Waals surface area contributed by atoms with Crippen LogP contribution in [0.25, 0.3) is 0 Å². The molecule has 0 aromatic carbocycles. The lowest BCUT2D eigenvalue weighted by atomic mass is 10.3. The standard InChI is InChI=1S/C9H17O6P/c10-6-2-1-4-8-14-16(12,13)15-9-5-3-7-11/h6-7H,1-5,8-9H2,(H,12,13). The van der Waals surface area contributed by atoms with Crippen molar-refractivity contribution in [2.45, 2.75) is 32.1 Å². The van der Waals surface area contributed by atoms with E-state index in [2.05, 4.69) is 9.05 Å². The monoisotopic (exact) mass is 252 g/mol. The van der Waals surface area contributed by atoms with Crippen molar-refractivity contribution >= 4 is 20.4 Å². The molecule has 7 heteroatoms. The molecule has 0 aliphatic heterocycles. The number of hydrogen-bond acceptors (Lipinski definition) is 5. The van der Waals surface area contributed by atoms with Gasteiger partial charge in [-0.2, -0.15) is 0 Å². The number of phosphoric acid groups is 1. The van der Waals surface area contributed by atoms with Crippen molar-refractivity contribution in [1.82, 2.24) is 0 Å². The first-order valence-corrected chi connectivity index (χ1v) is 6.61. The molecule has 0 heterocycles. The average Bonchev–Trinajstić information content (AvgIpc) is 2.24. The number of carbonyl (C=O) groups is 2. The highest BCUT2D eigenvalue weighted by molar-refractivity contribution is 7.47. The Bertz CT molecular complexity index is 242. The molecule has 6 nitrogen and oxygen atoms in total. The van der Waals surface area contributed by atoms with Crippen molar-refractivity contribution in [2.24, 2.45) is 0 Å². The molecular weight excluding hydrogens is 235 g/mol. The summed E-state index contributed by atoms with van der Waals surface area (Å²) in [5.74, 6) is 0. The van der Waals surface area contributed by atoms with E-state index in [-0.39, 0.29) is 13.2 Å². The molecule has 0 rings (SSSR count). The van der Waals surface area contributed by atoms with E-state index in [9.17, 15) is 14.2 Å². The van der Waals surface area contributed by atoms with Gasteiger partial charge in [-0.1, -0.05) is 0 Å². The largest absolute Gasteiger partial charge is 0.472 e. The molecule has 1 atom stereocenters. The maximum Gasteiger partial charge on any atom is 0.472 e. The fraction of sp³-hybridized carbons (Fsp3) is 0.778. The number of hydrogen-bond donors (Lipinski definition) is 1. The van der Waals surface area contributed by atoms with Gasteiger partial charge in [-0.25, -0.2) is 4.57 Å². The highest BCUT2D eigenvalue weighted by Crippen LogP contribution is 2.43. The highest BCUT2D eigenvalue weighted by Gasteiger charge is 2.19. The number of phosphoric ester groups is 1. The lowest BCUT2D eigenvalue weighted by Gasteiger charge is -2.11. The molecule has 0 aliphatic rings. The second-order valence-electron chi connectivity index (χ2n) is 3.11. The quantitative estimate of drug-likeness (QED) is 0.340. The third-order valence-electron chi connectivity index (χ3n) is 1.69. The van der Waals surface area contributed by atoms with Crippen LogP contribution in [-0.2, 0) is 23.2 Å². The zero-order valence-electron chi connectivity index (χ0n) is 9.04. The first-order valence-electron chi connectivity index (χ1n) is 5.11. The number of carbonyl (C=O) groups excluding carboxylic acids is 2. The van der Waals surface area contributed by atoms with Gasteiger partial charge in [0.2, 0.25) is 0 Å². The zero-order valence-corrected chi connectivity index (χ0v) is 9.93. The van der Waals surface area contributed by atoms with Crippen LogP contribution < -0.4 is 0 Å². The summed E-state index contributed by atoms with van der Waals surface area (Å²) in [7, 11) is -3.99. The maximum absolute atomic E-state index is 11.2. The summed E-state index contributed by atoms with van der Waals surface area (Å²) in [6.07, 6.45) is 3.75. The zero-order chi connectivity index (χ0) is 12.3. The molecule has 0 aliphatic carbocycles. The summed E-state index contributed by atoms with van der Waals surface area (Å²) in [5.41, 5.74) is 0. The van der Waals surface area contributed by atoms with Crippen molar-refractivity contribution in [3.63, 3.8) is 0 Å². The van der Waals surface area contributed by atoms with Gasteiger partial charge in [-0.3, -0.25) is 9.05 Å². The molecule has 0 spiro atoms. The molecule has 0 saturated carbocycles. The summed E-state index contributed by atoms with van der Waals surface area (Å²) < 4.78 is 20.4. The second-order valence-corrected chi connectivity index (χ2v) is 4.56. The molecule has 94 valence electrons. The van der Waals surface area contributed by atoms with Crippen molar-refractivity contribution in [1.29, 1.82) is 0 Å². The van der Waals surface area contributed by atoms with Gasteiger partial charge >= 0.3 is 7.82 Å². The Hall–Kier alpha value is -0.550. The Morgan fingerprint density at radius 1 is 0.938 bits per heavy atom. The van der Waals surface area contributed by atoms with Crippen LogP contribution in [0, 0.1) is 0 Å². The number of aldehydes is 2. The Labute approximate surface area is 94.6 Å². The molecule has 0 aromatic heterocycles. The van der Waals surface area contributed by atoms with Gasteiger partial charge < -0.3 is 14.5 Å². The Kier molecular flexibility index (Phi) is 9.33. The SMILES string of the molecule is O=CCCCCOP(=O)(O)OCCCC=O. The van der Waals surface area contributed by atoms with Crippen LogP contribution in [0.5, 0.6) is 0 Å². The number of unbranched alkanes of at least 4 members (excludes halogenated alkanes) is 3. The third-order valence-corrected chi connectivity index (χ3v) is 2.71.